The molecule has 1 saturated heterocycles. The topological polar surface area (TPSA) is 118 Å². The Kier molecular flexibility index (Phi) is 6.69. The van der Waals surface area contributed by atoms with Gasteiger partial charge in [-0.1, -0.05) is 24.3 Å². The van der Waals surface area contributed by atoms with Crippen LogP contribution in [0.4, 0.5) is 11.4 Å². The number of anilines is 2. The number of carbonyl (C=O) groups excluding carboxylic acids is 3. The van der Waals surface area contributed by atoms with Crippen molar-refractivity contribution >= 4 is 49.8 Å². The second kappa shape index (κ2) is 9.68. The largest absolute Gasteiger partial charge is 0.341 e. The fourth-order valence-corrected chi connectivity index (χ4v) is 5.50. The predicted octanol–water partition coefficient (Wildman–Crippen LogP) is 2.63. The zero-order valence-electron chi connectivity index (χ0n) is 18.8. The van der Waals surface area contributed by atoms with Gasteiger partial charge in [0.2, 0.25) is 17.7 Å². The molecule has 1 aromatic heterocycles. The highest BCUT2D eigenvalue weighted by molar-refractivity contribution is 7.92. The van der Waals surface area contributed by atoms with Crippen molar-refractivity contribution in [2.75, 3.05) is 29.5 Å². The lowest BCUT2D eigenvalue weighted by atomic mass is 10.2. The molecule has 0 aliphatic carbocycles. The van der Waals surface area contributed by atoms with Crippen molar-refractivity contribution in [3.63, 3.8) is 0 Å². The number of fused-ring (bicyclic) bond motifs is 1. The Morgan fingerprint density at radius 2 is 1.62 bits per heavy atom. The Morgan fingerprint density at radius 3 is 2.32 bits per heavy atom. The summed E-state index contributed by atoms with van der Waals surface area (Å²) in [6.45, 7) is 2.84. The highest BCUT2D eigenvalue weighted by Gasteiger charge is 2.26. The van der Waals surface area contributed by atoms with Crippen LogP contribution in [0, 0.1) is 0 Å². The summed E-state index contributed by atoms with van der Waals surface area (Å²) in [5, 5.41) is 5.65. The number of sulfone groups is 1. The maximum atomic E-state index is 13.2. The number of amides is 3. The molecule has 1 aliphatic heterocycles. The first-order valence-corrected chi connectivity index (χ1v) is 12.6. The van der Waals surface area contributed by atoms with Gasteiger partial charge in [0.25, 0.3) is 0 Å². The highest BCUT2D eigenvalue weighted by atomic mass is 32.2. The average molecular weight is 483 g/mol. The van der Waals surface area contributed by atoms with E-state index in [1.165, 1.54) is 13.1 Å². The number of likely N-dealkylation sites (tertiary alicyclic amines) is 1. The minimum atomic E-state index is -4.00. The molecule has 0 spiro atoms. The Hall–Kier alpha value is -3.66. The fraction of sp³-hybridized carbons (Fsp3) is 0.292. The number of nitrogens with one attached hydrogen (secondary N) is 2. The molecular weight excluding hydrogens is 456 g/mol. The second-order valence-corrected chi connectivity index (χ2v) is 10.3. The van der Waals surface area contributed by atoms with Crippen molar-refractivity contribution in [2.24, 2.45) is 0 Å². The maximum absolute atomic E-state index is 13.2. The molecule has 34 heavy (non-hydrogen) atoms. The van der Waals surface area contributed by atoms with Crippen LogP contribution in [0.15, 0.2) is 59.6 Å². The van der Waals surface area contributed by atoms with Gasteiger partial charge in [0.05, 0.1) is 4.90 Å². The van der Waals surface area contributed by atoms with Crippen LogP contribution >= 0.6 is 0 Å². The van der Waals surface area contributed by atoms with E-state index in [0.29, 0.717) is 35.4 Å². The summed E-state index contributed by atoms with van der Waals surface area (Å²) in [7, 11) is -4.00. The van der Waals surface area contributed by atoms with E-state index in [4.69, 9.17) is 0 Å². The van der Waals surface area contributed by atoms with Crippen molar-refractivity contribution in [2.45, 2.75) is 31.2 Å². The minimum Gasteiger partial charge on any atom is -0.341 e. The Bertz CT molecular complexity index is 1360. The summed E-state index contributed by atoms with van der Waals surface area (Å²) in [4.78, 5) is 38.3. The molecule has 0 saturated carbocycles. The molecule has 0 bridgehead atoms. The van der Waals surface area contributed by atoms with Crippen LogP contribution < -0.4 is 10.6 Å². The van der Waals surface area contributed by atoms with E-state index in [9.17, 15) is 22.8 Å². The molecule has 2 N–H and O–H groups in total. The number of para-hydroxylation sites is 1. The van der Waals surface area contributed by atoms with E-state index >= 15 is 0 Å². The Labute approximate surface area is 197 Å². The van der Waals surface area contributed by atoms with Crippen LogP contribution in [0.1, 0.15) is 19.8 Å². The molecule has 0 unspecified atom stereocenters. The standard InChI is InChI=1S/C24H26N4O5S/c1-17(29)25-18-7-6-8-19(13-18)26-23(30)16-34(32,33)22-14-28(21-10-3-2-9-20(21)22)15-24(31)27-11-4-5-12-27/h2-3,6-10,13-14H,4-5,11-12,15-16H2,1H3,(H,25,29)(H,26,30). The van der Waals surface area contributed by atoms with E-state index in [2.05, 4.69) is 10.6 Å². The second-order valence-electron chi connectivity index (χ2n) is 8.30. The average Bonchev–Trinajstić information content (AvgIpc) is 3.42. The van der Waals surface area contributed by atoms with Gasteiger partial charge in [-0.3, -0.25) is 14.4 Å². The van der Waals surface area contributed by atoms with Crippen molar-refractivity contribution < 1.29 is 22.8 Å². The zero-order valence-corrected chi connectivity index (χ0v) is 19.6. The van der Waals surface area contributed by atoms with Gasteiger partial charge in [-0.05, 0) is 37.1 Å². The molecule has 9 nitrogen and oxygen atoms in total. The molecule has 3 aromatic rings. The van der Waals surface area contributed by atoms with E-state index in [-0.39, 0.29) is 23.3 Å². The number of nitrogens with zero attached hydrogens (tertiary/aromatic N) is 2. The highest BCUT2D eigenvalue weighted by Crippen LogP contribution is 2.27. The molecule has 0 atom stereocenters. The van der Waals surface area contributed by atoms with Gasteiger partial charge in [0.1, 0.15) is 12.3 Å². The SMILES string of the molecule is CC(=O)Nc1cccc(NC(=O)CS(=O)(=O)c2cn(CC(=O)N3CCCC3)c3ccccc23)c1. The number of aromatic nitrogens is 1. The van der Waals surface area contributed by atoms with Gasteiger partial charge >= 0.3 is 0 Å². The molecule has 10 heteroatoms. The van der Waals surface area contributed by atoms with Crippen molar-refractivity contribution in [3.8, 4) is 0 Å². The lowest BCUT2D eigenvalue weighted by molar-refractivity contribution is -0.130. The van der Waals surface area contributed by atoms with E-state index in [0.717, 1.165) is 12.8 Å². The van der Waals surface area contributed by atoms with Gasteiger partial charge in [-0.2, -0.15) is 0 Å². The fourth-order valence-electron chi connectivity index (χ4n) is 4.13. The number of benzene rings is 2. The van der Waals surface area contributed by atoms with Crippen LogP contribution in [-0.4, -0.2) is 54.4 Å². The first-order valence-electron chi connectivity index (χ1n) is 11.0. The van der Waals surface area contributed by atoms with Crippen LogP contribution in [0.3, 0.4) is 0 Å². The first-order chi connectivity index (χ1) is 16.2. The Balaban J connectivity index is 1.54. The number of hydrogen-bond donors (Lipinski definition) is 2. The van der Waals surface area contributed by atoms with Crippen LogP contribution in [-0.2, 0) is 30.8 Å². The molecule has 4 rings (SSSR count). The van der Waals surface area contributed by atoms with Crippen molar-refractivity contribution in [1.82, 2.24) is 9.47 Å². The first kappa shape index (κ1) is 23.5. The summed E-state index contributed by atoms with van der Waals surface area (Å²) in [6.07, 6.45) is 3.39. The summed E-state index contributed by atoms with van der Waals surface area (Å²) < 4.78 is 28.0. The van der Waals surface area contributed by atoms with E-state index in [1.54, 1.807) is 58.0 Å². The van der Waals surface area contributed by atoms with Crippen molar-refractivity contribution in [1.29, 1.82) is 0 Å². The van der Waals surface area contributed by atoms with Gasteiger partial charge < -0.3 is 20.1 Å². The smallest absolute Gasteiger partial charge is 0.242 e. The molecule has 2 aromatic carbocycles. The molecule has 2 heterocycles. The summed E-state index contributed by atoms with van der Waals surface area (Å²) >= 11 is 0. The van der Waals surface area contributed by atoms with Crippen molar-refractivity contribution in [3.05, 3.63) is 54.7 Å². The van der Waals surface area contributed by atoms with Gasteiger partial charge in [0, 0.05) is 48.5 Å². The normalized spacial score (nSPS) is 13.7. The number of hydrogen-bond acceptors (Lipinski definition) is 5. The Morgan fingerprint density at radius 1 is 0.941 bits per heavy atom. The monoisotopic (exact) mass is 482 g/mol. The van der Waals surface area contributed by atoms with Crippen LogP contribution in [0.2, 0.25) is 0 Å². The van der Waals surface area contributed by atoms with E-state index < -0.39 is 21.5 Å². The molecular formula is C24H26N4O5S. The number of rotatable bonds is 7. The van der Waals surface area contributed by atoms with Crippen LogP contribution in [0.25, 0.3) is 10.9 Å². The third kappa shape index (κ3) is 5.28. The quantitative estimate of drug-likeness (QED) is 0.537. The third-order valence-corrected chi connectivity index (χ3v) is 7.28. The van der Waals surface area contributed by atoms with Crippen LogP contribution in [0.5, 0.6) is 0 Å². The van der Waals surface area contributed by atoms with Gasteiger partial charge in [0.15, 0.2) is 9.84 Å². The predicted molar refractivity (Wildman–Crippen MR) is 129 cm³/mol. The lowest BCUT2D eigenvalue weighted by Crippen LogP contribution is -2.30. The lowest BCUT2D eigenvalue weighted by Gasteiger charge is -2.15. The van der Waals surface area contributed by atoms with E-state index in [1.807, 2.05) is 0 Å². The van der Waals surface area contributed by atoms with Gasteiger partial charge in [-0.15, -0.1) is 0 Å². The molecule has 1 fully saturated rings. The zero-order chi connectivity index (χ0) is 24.3. The summed E-state index contributed by atoms with van der Waals surface area (Å²) in [5.74, 6) is -1.78. The summed E-state index contributed by atoms with van der Waals surface area (Å²) in [5.41, 5.74) is 1.47. The van der Waals surface area contributed by atoms with Gasteiger partial charge in [-0.25, -0.2) is 8.42 Å². The number of carbonyl (C=O) groups is 3. The molecule has 1 aliphatic rings. The molecule has 178 valence electrons. The third-order valence-electron chi connectivity index (χ3n) is 5.64. The molecule has 3 amide bonds. The molecule has 0 radical (unpaired) electrons. The minimum absolute atomic E-state index is 0.0134. The maximum Gasteiger partial charge on any atom is 0.242 e. The summed E-state index contributed by atoms with van der Waals surface area (Å²) in [6, 6.07) is 13.4.